The van der Waals surface area contributed by atoms with E-state index in [9.17, 15) is 5.11 Å². The summed E-state index contributed by atoms with van der Waals surface area (Å²) in [6.07, 6.45) is 4.74. The molecule has 3 aromatic rings. The average Bonchev–Trinajstić information content (AvgIpc) is 3.28. The van der Waals surface area contributed by atoms with Gasteiger partial charge in [0, 0.05) is 24.7 Å². The lowest BCUT2D eigenvalue weighted by Crippen LogP contribution is -2.21. The quantitative estimate of drug-likeness (QED) is 0.625. The van der Waals surface area contributed by atoms with E-state index in [1.165, 1.54) is 53.9 Å². The van der Waals surface area contributed by atoms with Crippen LogP contribution in [0.3, 0.4) is 0 Å². The van der Waals surface area contributed by atoms with E-state index in [2.05, 4.69) is 65.6 Å². The van der Waals surface area contributed by atoms with E-state index in [-0.39, 0.29) is 0 Å². The minimum atomic E-state index is 0.333. The van der Waals surface area contributed by atoms with E-state index in [1.54, 1.807) is 0 Å². The summed E-state index contributed by atoms with van der Waals surface area (Å²) < 4.78 is 0. The molecule has 1 fully saturated rings. The highest BCUT2D eigenvalue weighted by atomic mass is 16.3. The number of aromatic hydroxyl groups is 1. The molecule has 1 N–H and O–H groups in total. The van der Waals surface area contributed by atoms with Gasteiger partial charge in [0.1, 0.15) is 5.75 Å². The fourth-order valence-electron chi connectivity index (χ4n) is 5.15. The molecule has 1 heterocycles. The second kappa shape index (κ2) is 7.35. The maximum absolute atomic E-state index is 9.98. The third-order valence-corrected chi connectivity index (χ3v) is 6.54. The number of phenols is 1. The van der Waals surface area contributed by atoms with Gasteiger partial charge < -0.3 is 10.0 Å². The highest BCUT2D eigenvalue weighted by molar-refractivity contribution is 5.52. The number of aryl methyl sites for hydroxylation is 1. The molecule has 2 aliphatic rings. The molecule has 1 aliphatic heterocycles. The summed E-state index contributed by atoms with van der Waals surface area (Å²) in [5, 5.41) is 9.98. The van der Waals surface area contributed by atoms with Gasteiger partial charge in [-0.1, -0.05) is 48.5 Å². The molecule has 1 aliphatic carbocycles. The summed E-state index contributed by atoms with van der Waals surface area (Å²) in [4.78, 5) is 2.49. The molecule has 2 atom stereocenters. The van der Waals surface area contributed by atoms with E-state index >= 15 is 0 Å². The number of benzene rings is 3. The molecule has 3 aromatic carbocycles. The van der Waals surface area contributed by atoms with Gasteiger partial charge in [0.05, 0.1) is 0 Å². The summed E-state index contributed by atoms with van der Waals surface area (Å²) in [6.45, 7) is 2.36. The average molecular weight is 370 g/mol. The van der Waals surface area contributed by atoms with E-state index in [4.69, 9.17) is 0 Å². The van der Waals surface area contributed by atoms with Crippen LogP contribution in [0.1, 0.15) is 53.4 Å². The Morgan fingerprint density at radius 1 is 0.786 bits per heavy atom. The van der Waals surface area contributed by atoms with Crippen molar-refractivity contribution < 1.29 is 5.11 Å². The minimum Gasteiger partial charge on any atom is -0.508 e. The first-order chi connectivity index (χ1) is 13.8. The Hall–Kier alpha value is -2.74. The molecular weight excluding hydrogens is 342 g/mol. The number of rotatable bonds is 3. The molecule has 0 aromatic heterocycles. The van der Waals surface area contributed by atoms with Crippen LogP contribution in [0.25, 0.3) is 0 Å². The Labute approximate surface area is 167 Å². The molecule has 1 saturated heterocycles. The molecule has 0 amide bonds. The van der Waals surface area contributed by atoms with Crippen molar-refractivity contribution in [1.82, 2.24) is 0 Å². The zero-order valence-corrected chi connectivity index (χ0v) is 16.2. The molecule has 0 bridgehead atoms. The highest BCUT2D eigenvalue weighted by Crippen LogP contribution is 2.47. The van der Waals surface area contributed by atoms with E-state index < -0.39 is 0 Å². The lowest BCUT2D eigenvalue weighted by molar-refractivity contribution is 0.469. The minimum absolute atomic E-state index is 0.333. The van der Waals surface area contributed by atoms with Gasteiger partial charge in [-0.15, -0.1) is 0 Å². The standard InChI is InChI=1S/C26H27NO/c28-23-13-15-25-21(18-23)10-14-24(19-6-2-1-3-7-19)26(25)20-8-11-22(12-9-20)27-16-4-5-17-27/h1-3,6-9,11-13,15,18,24,26,28H,4-5,10,14,16-17H2/t24-,26+/m1/s1. The number of anilines is 1. The molecule has 142 valence electrons. The molecule has 0 unspecified atom stereocenters. The van der Waals surface area contributed by atoms with Gasteiger partial charge in [0.15, 0.2) is 0 Å². The van der Waals surface area contributed by atoms with Crippen LogP contribution in [-0.4, -0.2) is 18.2 Å². The number of phenolic OH excluding ortho intramolecular Hbond substituents is 1. The molecule has 0 spiro atoms. The van der Waals surface area contributed by atoms with Crippen LogP contribution in [0, 0.1) is 0 Å². The predicted molar refractivity (Wildman–Crippen MR) is 115 cm³/mol. The van der Waals surface area contributed by atoms with Crippen molar-refractivity contribution in [2.75, 3.05) is 18.0 Å². The highest BCUT2D eigenvalue weighted by Gasteiger charge is 2.32. The molecule has 2 heteroatoms. The summed E-state index contributed by atoms with van der Waals surface area (Å²) in [6, 6.07) is 26.1. The fraction of sp³-hybridized carbons (Fsp3) is 0.308. The van der Waals surface area contributed by atoms with Crippen molar-refractivity contribution in [3.63, 3.8) is 0 Å². The number of hydrogen-bond donors (Lipinski definition) is 1. The largest absolute Gasteiger partial charge is 0.508 e. The van der Waals surface area contributed by atoms with Crippen molar-refractivity contribution in [1.29, 1.82) is 0 Å². The van der Waals surface area contributed by atoms with Crippen molar-refractivity contribution >= 4 is 5.69 Å². The van der Waals surface area contributed by atoms with E-state index in [1.807, 2.05) is 12.1 Å². The van der Waals surface area contributed by atoms with Crippen LogP contribution < -0.4 is 4.90 Å². The zero-order valence-electron chi connectivity index (χ0n) is 16.2. The Bertz CT molecular complexity index is 942. The van der Waals surface area contributed by atoms with Crippen molar-refractivity contribution in [3.05, 3.63) is 95.1 Å². The van der Waals surface area contributed by atoms with Gasteiger partial charge in [0.25, 0.3) is 0 Å². The van der Waals surface area contributed by atoms with Crippen LogP contribution in [0.4, 0.5) is 5.69 Å². The molecule has 28 heavy (non-hydrogen) atoms. The van der Waals surface area contributed by atoms with E-state index in [0.717, 1.165) is 12.8 Å². The van der Waals surface area contributed by atoms with Gasteiger partial charge in [-0.25, -0.2) is 0 Å². The Morgan fingerprint density at radius 3 is 2.29 bits per heavy atom. The van der Waals surface area contributed by atoms with E-state index in [0.29, 0.717) is 17.6 Å². The Kier molecular flexibility index (Phi) is 4.56. The predicted octanol–water partition coefficient (Wildman–Crippen LogP) is 5.85. The number of fused-ring (bicyclic) bond motifs is 1. The molecule has 0 saturated carbocycles. The van der Waals surface area contributed by atoms with Crippen molar-refractivity contribution in [2.24, 2.45) is 0 Å². The smallest absolute Gasteiger partial charge is 0.115 e. The normalized spacial score (nSPS) is 21.5. The second-order valence-corrected chi connectivity index (χ2v) is 8.20. The molecule has 0 radical (unpaired) electrons. The third kappa shape index (κ3) is 3.17. The topological polar surface area (TPSA) is 23.5 Å². The maximum Gasteiger partial charge on any atom is 0.115 e. The van der Waals surface area contributed by atoms with Crippen LogP contribution in [0.5, 0.6) is 5.75 Å². The first-order valence-electron chi connectivity index (χ1n) is 10.5. The monoisotopic (exact) mass is 369 g/mol. The third-order valence-electron chi connectivity index (χ3n) is 6.54. The lowest BCUT2D eigenvalue weighted by Gasteiger charge is -2.35. The second-order valence-electron chi connectivity index (χ2n) is 8.20. The van der Waals surface area contributed by atoms with Gasteiger partial charge in [-0.3, -0.25) is 0 Å². The summed E-state index contributed by atoms with van der Waals surface area (Å²) >= 11 is 0. The Balaban J connectivity index is 1.56. The van der Waals surface area contributed by atoms with Gasteiger partial charge >= 0.3 is 0 Å². The first kappa shape index (κ1) is 17.4. The van der Waals surface area contributed by atoms with Gasteiger partial charge in [0.2, 0.25) is 0 Å². The molecule has 2 nitrogen and oxygen atoms in total. The van der Waals surface area contributed by atoms with Crippen LogP contribution >= 0.6 is 0 Å². The molecule has 5 rings (SSSR count). The molecular formula is C26H27NO. The van der Waals surface area contributed by atoms with Crippen LogP contribution in [0.2, 0.25) is 0 Å². The van der Waals surface area contributed by atoms with Crippen molar-refractivity contribution in [3.8, 4) is 5.75 Å². The zero-order chi connectivity index (χ0) is 18.9. The summed E-state index contributed by atoms with van der Waals surface area (Å²) in [5.41, 5.74) is 6.80. The maximum atomic E-state index is 9.98. The van der Waals surface area contributed by atoms with Crippen molar-refractivity contribution in [2.45, 2.75) is 37.5 Å². The Morgan fingerprint density at radius 2 is 1.54 bits per heavy atom. The van der Waals surface area contributed by atoms with Gasteiger partial charge in [-0.2, -0.15) is 0 Å². The van der Waals surface area contributed by atoms with Gasteiger partial charge in [-0.05, 0) is 78.1 Å². The number of nitrogens with zero attached hydrogens (tertiary/aromatic N) is 1. The summed E-state index contributed by atoms with van der Waals surface area (Å²) in [5.74, 6) is 1.18. The first-order valence-corrected chi connectivity index (χ1v) is 10.5. The number of hydrogen-bond acceptors (Lipinski definition) is 2. The summed E-state index contributed by atoms with van der Waals surface area (Å²) in [7, 11) is 0. The SMILES string of the molecule is Oc1ccc2c(c1)CC[C@H](c1ccccc1)[C@@H]2c1ccc(N2CCCC2)cc1. The lowest BCUT2D eigenvalue weighted by atomic mass is 9.69. The van der Waals surface area contributed by atoms with Crippen LogP contribution in [-0.2, 0) is 6.42 Å². The fourth-order valence-corrected chi connectivity index (χ4v) is 5.15. The van der Waals surface area contributed by atoms with Crippen LogP contribution in [0.15, 0.2) is 72.8 Å².